The number of halogens is 1. The minimum atomic E-state index is 0.215. The third kappa shape index (κ3) is 2.19. The number of carbonyl (C=O) groups excluding carboxylic acids is 1. The lowest BCUT2D eigenvalue weighted by Gasteiger charge is -2.35. The molecule has 1 aliphatic rings. The van der Waals surface area contributed by atoms with Crippen LogP contribution in [-0.2, 0) is 4.79 Å². The molecule has 1 unspecified atom stereocenters. The van der Waals surface area contributed by atoms with Gasteiger partial charge in [-0.3, -0.25) is 9.78 Å². The molecule has 2 aromatic rings. The molecule has 0 aliphatic carbocycles. The lowest BCUT2D eigenvalue weighted by atomic mass is 10.0. The summed E-state index contributed by atoms with van der Waals surface area (Å²) in [6.45, 7) is 2.84. The minimum absolute atomic E-state index is 0.215. The topological polar surface area (TPSA) is 33.2 Å². The van der Waals surface area contributed by atoms with Gasteiger partial charge in [-0.2, -0.15) is 0 Å². The molecular formula is C15H15ClN2O. The van der Waals surface area contributed by atoms with E-state index in [0.29, 0.717) is 23.6 Å². The van der Waals surface area contributed by atoms with Gasteiger partial charge in [-0.1, -0.05) is 11.6 Å². The molecule has 0 N–H and O–H groups in total. The van der Waals surface area contributed by atoms with Crippen LogP contribution in [0.1, 0.15) is 19.8 Å². The number of hydrogen-bond acceptors (Lipinski definition) is 3. The van der Waals surface area contributed by atoms with Crippen LogP contribution in [0.3, 0.4) is 0 Å². The molecule has 1 aromatic carbocycles. The van der Waals surface area contributed by atoms with Crippen molar-refractivity contribution in [3.8, 4) is 0 Å². The number of rotatable bonds is 1. The molecule has 0 radical (unpaired) electrons. The van der Waals surface area contributed by atoms with Crippen molar-refractivity contribution >= 4 is 34.0 Å². The van der Waals surface area contributed by atoms with E-state index in [1.165, 1.54) is 0 Å². The van der Waals surface area contributed by atoms with Crippen molar-refractivity contribution in [2.45, 2.75) is 25.8 Å². The van der Waals surface area contributed by atoms with Crippen LogP contribution in [-0.4, -0.2) is 23.4 Å². The van der Waals surface area contributed by atoms with Gasteiger partial charge in [0.25, 0.3) is 0 Å². The van der Waals surface area contributed by atoms with E-state index >= 15 is 0 Å². The Kier molecular flexibility index (Phi) is 3.15. The first-order valence-electron chi connectivity index (χ1n) is 6.48. The van der Waals surface area contributed by atoms with Crippen molar-refractivity contribution in [2.75, 3.05) is 11.4 Å². The van der Waals surface area contributed by atoms with Crippen molar-refractivity contribution < 1.29 is 4.79 Å². The Labute approximate surface area is 117 Å². The average molecular weight is 275 g/mol. The molecule has 1 fully saturated rings. The summed E-state index contributed by atoms with van der Waals surface area (Å²) in [5.41, 5.74) is 1.98. The highest BCUT2D eigenvalue weighted by Crippen LogP contribution is 2.33. The molecule has 0 bridgehead atoms. The van der Waals surface area contributed by atoms with Gasteiger partial charge in [-0.05, 0) is 31.2 Å². The number of fused-ring (bicyclic) bond motifs is 1. The van der Waals surface area contributed by atoms with E-state index in [4.69, 9.17) is 11.6 Å². The van der Waals surface area contributed by atoms with Gasteiger partial charge in [0.05, 0.1) is 16.2 Å². The zero-order valence-electron chi connectivity index (χ0n) is 10.8. The minimum Gasteiger partial charge on any atom is -0.366 e. The van der Waals surface area contributed by atoms with Gasteiger partial charge in [-0.15, -0.1) is 0 Å². The molecule has 0 spiro atoms. The van der Waals surface area contributed by atoms with Crippen molar-refractivity contribution in [3.05, 3.63) is 35.5 Å². The Morgan fingerprint density at radius 1 is 1.37 bits per heavy atom. The molecule has 0 amide bonds. The number of pyridine rings is 1. The second kappa shape index (κ2) is 4.82. The number of anilines is 1. The number of Topliss-reactive ketones (excluding diaryl/α,β-unsaturated/α-hetero) is 1. The van der Waals surface area contributed by atoms with Gasteiger partial charge in [0.15, 0.2) is 0 Å². The summed E-state index contributed by atoms with van der Waals surface area (Å²) in [7, 11) is 0. The molecule has 19 heavy (non-hydrogen) atoms. The Morgan fingerprint density at radius 2 is 2.21 bits per heavy atom. The normalized spacial score (nSPS) is 20.0. The fraction of sp³-hybridized carbons (Fsp3) is 0.333. The second-order valence-electron chi connectivity index (χ2n) is 5.00. The van der Waals surface area contributed by atoms with Crippen molar-refractivity contribution in [2.24, 2.45) is 0 Å². The van der Waals surface area contributed by atoms with E-state index in [1.54, 1.807) is 6.20 Å². The average Bonchev–Trinajstić information content (AvgIpc) is 2.41. The largest absolute Gasteiger partial charge is 0.366 e. The molecule has 3 rings (SSSR count). The summed E-state index contributed by atoms with van der Waals surface area (Å²) in [5, 5.41) is 1.68. The van der Waals surface area contributed by atoms with Crippen molar-refractivity contribution in [3.63, 3.8) is 0 Å². The van der Waals surface area contributed by atoms with Crippen molar-refractivity contribution in [1.82, 2.24) is 4.98 Å². The van der Waals surface area contributed by atoms with E-state index in [1.807, 2.05) is 24.3 Å². The lowest BCUT2D eigenvalue weighted by molar-refractivity contribution is -0.120. The van der Waals surface area contributed by atoms with Crippen LogP contribution in [0.5, 0.6) is 0 Å². The summed E-state index contributed by atoms with van der Waals surface area (Å²) in [6.07, 6.45) is 3.00. The number of carbonyl (C=O) groups is 1. The highest BCUT2D eigenvalue weighted by atomic mass is 35.5. The first kappa shape index (κ1) is 12.4. The van der Waals surface area contributed by atoms with Gasteiger partial charge in [0.2, 0.25) is 0 Å². The lowest BCUT2D eigenvalue weighted by Crippen LogP contribution is -2.41. The molecule has 1 aliphatic heterocycles. The maximum absolute atomic E-state index is 11.5. The molecule has 0 saturated carbocycles. The summed E-state index contributed by atoms with van der Waals surface area (Å²) in [4.78, 5) is 18.2. The fourth-order valence-electron chi connectivity index (χ4n) is 2.72. The molecule has 1 aromatic heterocycles. The molecule has 2 heterocycles. The molecule has 3 nitrogen and oxygen atoms in total. The summed E-state index contributed by atoms with van der Waals surface area (Å²) in [5.74, 6) is 0.343. The fourth-order valence-corrected chi connectivity index (χ4v) is 2.94. The van der Waals surface area contributed by atoms with Gasteiger partial charge in [0.1, 0.15) is 5.78 Å². The molecule has 1 atom stereocenters. The Morgan fingerprint density at radius 3 is 3.00 bits per heavy atom. The summed E-state index contributed by atoms with van der Waals surface area (Å²) >= 11 is 6.21. The molecule has 98 valence electrons. The van der Waals surface area contributed by atoms with Crippen LogP contribution >= 0.6 is 11.6 Å². The molecule has 4 heteroatoms. The maximum atomic E-state index is 11.5. The quantitative estimate of drug-likeness (QED) is 0.799. The zero-order chi connectivity index (χ0) is 13.4. The number of ketones is 1. The van der Waals surface area contributed by atoms with Crippen LogP contribution in [0.2, 0.25) is 5.02 Å². The SMILES string of the molecule is CC1CC(=O)CCN1c1ccc(Cl)c2cccnc12. The summed E-state index contributed by atoms with van der Waals surface area (Å²) < 4.78 is 0. The van der Waals surface area contributed by atoms with E-state index in [2.05, 4.69) is 16.8 Å². The summed E-state index contributed by atoms with van der Waals surface area (Å²) in [6, 6.07) is 8.00. The van der Waals surface area contributed by atoms with Crippen LogP contribution in [0.4, 0.5) is 5.69 Å². The van der Waals surface area contributed by atoms with E-state index in [9.17, 15) is 4.79 Å². The number of hydrogen-bond donors (Lipinski definition) is 0. The maximum Gasteiger partial charge on any atom is 0.136 e. The predicted molar refractivity (Wildman–Crippen MR) is 77.8 cm³/mol. The first-order chi connectivity index (χ1) is 9.16. The van der Waals surface area contributed by atoms with Gasteiger partial charge in [-0.25, -0.2) is 0 Å². The van der Waals surface area contributed by atoms with E-state index in [0.717, 1.165) is 23.1 Å². The van der Waals surface area contributed by atoms with E-state index < -0.39 is 0 Å². The van der Waals surface area contributed by atoms with Crippen molar-refractivity contribution in [1.29, 1.82) is 0 Å². The monoisotopic (exact) mass is 274 g/mol. The van der Waals surface area contributed by atoms with Gasteiger partial charge >= 0.3 is 0 Å². The van der Waals surface area contributed by atoms with Crippen LogP contribution in [0, 0.1) is 0 Å². The Balaban J connectivity index is 2.10. The van der Waals surface area contributed by atoms with Gasteiger partial charge < -0.3 is 4.90 Å². The Hall–Kier alpha value is -1.61. The standard InChI is InChI=1S/C15H15ClN2O/c1-10-9-11(19)6-8-18(10)14-5-4-13(16)12-3-2-7-17-15(12)14/h2-5,7,10H,6,8-9H2,1H3. The zero-order valence-corrected chi connectivity index (χ0v) is 11.5. The third-order valence-electron chi connectivity index (χ3n) is 3.69. The van der Waals surface area contributed by atoms with Crippen LogP contribution < -0.4 is 4.90 Å². The molecule has 1 saturated heterocycles. The number of piperidine rings is 1. The Bertz CT molecular complexity index is 641. The first-order valence-corrected chi connectivity index (χ1v) is 6.86. The second-order valence-corrected chi connectivity index (χ2v) is 5.41. The third-order valence-corrected chi connectivity index (χ3v) is 4.02. The highest BCUT2D eigenvalue weighted by molar-refractivity contribution is 6.35. The number of aromatic nitrogens is 1. The molecular weight excluding hydrogens is 260 g/mol. The highest BCUT2D eigenvalue weighted by Gasteiger charge is 2.25. The van der Waals surface area contributed by atoms with Crippen LogP contribution in [0.25, 0.3) is 10.9 Å². The predicted octanol–water partition coefficient (Wildman–Crippen LogP) is 3.45. The van der Waals surface area contributed by atoms with Gasteiger partial charge in [0, 0.05) is 37.0 Å². The smallest absolute Gasteiger partial charge is 0.136 e. The number of nitrogens with zero attached hydrogens (tertiary/aromatic N) is 2. The van der Waals surface area contributed by atoms with E-state index in [-0.39, 0.29) is 6.04 Å². The number of benzene rings is 1. The van der Waals surface area contributed by atoms with Crippen LogP contribution in [0.15, 0.2) is 30.5 Å².